The van der Waals surface area contributed by atoms with Gasteiger partial charge in [0.15, 0.2) is 0 Å². The Balaban J connectivity index is 0.000000403. The summed E-state index contributed by atoms with van der Waals surface area (Å²) in [4.78, 5) is 0. The Hall–Kier alpha value is -0.417. The van der Waals surface area contributed by atoms with E-state index < -0.39 is 0 Å². The van der Waals surface area contributed by atoms with Gasteiger partial charge in [-0.3, -0.25) is 0 Å². The smallest absolute Gasteiger partial charge is 0.196 e. The molecule has 0 aromatic heterocycles. The van der Waals surface area contributed by atoms with Crippen molar-refractivity contribution in [3.8, 4) is 0 Å². The summed E-state index contributed by atoms with van der Waals surface area (Å²) < 4.78 is 0. The largest absolute Gasteiger partial charge is 2.00 e. The molecular weight excluding hydrogens is 355 g/mol. The summed E-state index contributed by atoms with van der Waals surface area (Å²) in [5.74, 6) is 0. The van der Waals surface area contributed by atoms with Gasteiger partial charge in [0.1, 0.15) is 0 Å². The van der Waals surface area contributed by atoms with E-state index in [9.17, 15) is 0 Å². The van der Waals surface area contributed by atoms with E-state index in [0.29, 0.717) is 0 Å². The van der Waals surface area contributed by atoms with Crippen LogP contribution in [0.3, 0.4) is 0 Å². The molecule has 0 saturated heterocycles. The molecule has 23 heavy (non-hydrogen) atoms. The second kappa shape index (κ2) is 9.17. The maximum Gasteiger partial charge on any atom is 2.00 e. The van der Waals surface area contributed by atoms with E-state index in [1.807, 2.05) is 0 Å². The summed E-state index contributed by atoms with van der Waals surface area (Å²) >= 11 is 0. The van der Waals surface area contributed by atoms with Crippen molar-refractivity contribution in [2.75, 3.05) is 0 Å². The minimum absolute atomic E-state index is 0. The Labute approximate surface area is 163 Å². The molecule has 0 atom stereocenters. The second-order valence-electron chi connectivity index (χ2n) is 6.66. The van der Waals surface area contributed by atoms with Crippen molar-refractivity contribution < 1.29 is 26.2 Å². The zero-order valence-corrected chi connectivity index (χ0v) is 19.4. The van der Waals surface area contributed by atoms with E-state index in [4.69, 9.17) is 0 Å². The van der Waals surface area contributed by atoms with Gasteiger partial charge in [-0.1, -0.05) is 82.1 Å². The van der Waals surface area contributed by atoms with Gasteiger partial charge in [-0.25, -0.2) is 0 Å². The van der Waals surface area contributed by atoms with Crippen molar-refractivity contribution in [1.82, 2.24) is 0 Å². The molecule has 126 valence electrons. The number of rotatable bonds is 2. The van der Waals surface area contributed by atoms with Crippen molar-refractivity contribution in [2.45, 2.75) is 82.1 Å². The second-order valence-corrected chi connectivity index (χ2v) is 6.66. The van der Waals surface area contributed by atoms with Crippen molar-refractivity contribution in [2.24, 2.45) is 0 Å². The molecule has 0 aliphatic carbocycles. The maximum atomic E-state index is 2.23. The molecule has 0 fully saturated rings. The van der Waals surface area contributed by atoms with E-state index in [0.717, 1.165) is 0 Å². The van der Waals surface area contributed by atoms with E-state index in [1.165, 1.54) is 57.3 Å². The molecule has 0 aliphatic heterocycles. The molecule has 0 unspecified atom stereocenters. The summed E-state index contributed by atoms with van der Waals surface area (Å²) in [6.45, 7) is 22.3. The van der Waals surface area contributed by atoms with Crippen LogP contribution in [0.4, 0.5) is 0 Å². The summed E-state index contributed by atoms with van der Waals surface area (Å²) in [7, 11) is 0. The average molecular weight is 390 g/mol. The zero-order valence-electron chi connectivity index (χ0n) is 16.9. The fraction of sp³-hybridized carbons (Fsp3) is 0.545. The third-order valence-corrected chi connectivity index (χ3v) is 5.89. The Kier molecular flexibility index (Phi) is 9.00. The van der Waals surface area contributed by atoms with Crippen molar-refractivity contribution >= 4 is 0 Å². The first-order valence-corrected chi connectivity index (χ1v) is 8.62. The van der Waals surface area contributed by atoms with Crippen LogP contribution >= 0.6 is 0 Å². The van der Waals surface area contributed by atoms with Crippen LogP contribution in [-0.4, -0.2) is 0 Å². The molecular formula is C22H34Zr. The van der Waals surface area contributed by atoms with Gasteiger partial charge in [-0.15, -0.1) is 0 Å². The van der Waals surface area contributed by atoms with Gasteiger partial charge in [-0.05, 0) is 0 Å². The third-order valence-electron chi connectivity index (χ3n) is 5.89. The fourth-order valence-electron chi connectivity index (χ4n) is 3.65. The minimum atomic E-state index is 0. The molecule has 0 heterocycles. The molecule has 0 N–H and O–H groups in total. The molecule has 0 saturated carbocycles. The Morgan fingerprint density at radius 3 is 0.913 bits per heavy atom. The van der Waals surface area contributed by atoms with E-state index in [1.54, 1.807) is 11.1 Å². The van der Waals surface area contributed by atoms with Gasteiger partial charge >= 0.3 is 26.2 Å². The van der Waals surface area contributed by atoms with Crippen LogP contribution in [0.5, 0.6) is 0 Å². The number of hydrogen-bond acceptors (Lipinski definition) is 0. The molecule has 2 aromatic rings. The van der Waals surface area contributed by atoms with Crippen molar-refractivity contribution in [1.29, 1.82) is 0 Å². The van der Waals surface area contributed by atoms with Crippen LogP contribution in [0.1, 0.15) is 69.5 Å². The Morgan fingerprint density at radius 1 is 0.565 bits per heavy atom. The first-order chi connectivity index (χ1) is 10.2. The zero-order chi connectivity index (χ0) is 17.2. The Morgan fingerprint density at radius 2 is 0.826 bits per heavy atom. The fourth-order valence-corrected chi connectivity index (χ4v) is 3.65. The minimum Gasteiger partial charge on any atom is -0.196 e. The van der Waals surface area contributed by atoms with Crippen molar-refractivity contribution in [3.05, 3.63) is 55.6 Å². The molecule has 0 spiro atoms. The summed E-state index contributed by atoms with van der Waals surface area (Å²) in [6.07, 6.45) is 2.35. The molecule has 0 bridgehead atoms. The summed E-state index contributed by atoms with van der Waals surface area (Å²) in [5.41, 5.74) is 15.1. The summed E-state index contributed by atoms with van der Waals surface area (Å²) in [6, 6.07) is 0. The molecule has 0 nitrogen and oxygen atoms in total. The van der Waals surface area contributed by atoms with Crippen molar-refractivity contribution in [3.63, 3.8) is 0 Å². The van der Waals surface area contributed by atoms with Gasteiger partial charge in [0.25, 0.3) is 0 Å². The van der Waals surface area contributed by atoms with Crippen LogP contribution in [0.15, 0.2) is 0 Å². The normalized spacial score (nSPS) is 10.2. The van der Waals surface area contributed by atoms with E-state index >= 15 is 0 Å². The monoisotopic (exact) mass is 388 g/mol. The molecule has 0 aliphatic rings. The van der Waals surface area contributed by atoms with Gasteiger partial charge < -0.3 is 0 Å². The van der Waals surface area contributed by atoms with Crippen LogP contribution < -0.4 is 0 Å². The number of hydrogen-bond donors (Lipinski definition) is 0. The predicted octanol–water partition coefficient (Wildman–Crippen LogP) is 6.40. The van der Waals surface area contributed by atoms with Gasteiger partial charge in [-0.2, -0.15) is 55.6 Å². The molecule has 0 radical (unpaired) electrons. The molecule has 2 rings (SSSR count). The van der Waals surface area contributed by atoms with Crippen LogP contribution in [-0.2, 0) is 39.0 Å². The topological polar surface area (TPSA) is 0 Å². The van der Waals surface area contributed by atoms with Crippen LogP contribution in [0.2, 0.25) is 0 Å². The quantitative estimate of drug-likeness (QED) is 0.521. The van der Waals surface area contributed by atoms with Crippen LogP contribution in [0.25, 0.3) is 0 Å². The van der Waals surface area contributed by atoms with Gasteiger partial charge in [0.2, 0.25) is 0 Å². The van der Waals surface area contributed by atoms with Crippen LogP contribution in [0, 0.1) is 55.4 Å². The van der Waals surface area contributed by atoms with E-state index in [2.05, 4.69) is 69.2 Å². The molecule has 0 amide bonds. The molecule has 1 heteroatoms. The van der Waals surface area contributed by atoms with Gasteiger partial charge in [0.05, 0.1) is 0 Å². The third kappa shape index (κ3) is 4.36. The maximum absolute atomic E-state index is 2.23. The predicted molar refractivity (Wildman–Crippen MR) is 101 cm³/mol. The SMILES string of the molecule is CCc1c(C)c(C)c(C)[c-]1C.CCc1c(C)c(C)c(C)[c-]1C.[Zr+2]. The Bertz CT molecular complexity index is 541. The first-order valence-electron chi connectivity index (χ1n) is 8.62. The standard InChI is InChI=1S/2C11H17.Zr/c2*1-6-11-9(4)7(2)8(3)10(11)5;/h2*6H2,1-5H3;/q2*-1;+2. The summed E-state index contributed by atoms with van der Waals surface area (Å²) in [5, 5.41) is 0. The first kappa shape index (κ1) is 22.6. The molecule has 2 aromatic carbocycles. The average Bonchev–Trinajstić information content (AvgIpc) is 2.81. The van der Waals surface area contributed by atoms with E-state index in [-0.39, 0.29) is 26.2 Å². The van der Waals surface area contributed by atoms with Gasteiger partial charge in [0, 0.05) is 0 Å².